The summed E-state index contributed by atoms with van der Waals surface area (Å²) in [5, 5.41) is 2.83. The minimum absolute atomic E-state index is 0.0229. The van der Waals surface area contributed by atoms with Crippen molar-refractivity contribution in [2.45, 2.75) is 26.2 Å². The molecule has 0 aromatic carbocycles. The first-order valence-corrected chi connectivity index (χ1v) is 10.8. The summed E-state index contributed by atoms with van der Waals surface area (Å²) in [6, 6.07) is 7.05. The molecule has 0 spiro atoms. The lowest BCUT2D eigenvalue weighted by Gasteiger charge is -2.22. The lowest BCUT2D eigenvalue weighted by atomic mass is 9.94. The smallest absolute Gasteiger partial charge is 0.253 e. The SMILES string of the molecule is C=N/C(=C(\SCNC(=O)c1ccc(CC)nc1)C(=O)C1CCOCC1)c1ccco1. The minimum Gasteiger partial charge on any atom is -0.463 e. The number of amides is 1. The molecule has 1 N–H and O–H groups in total. The first-order chi connectivity index (χ1) is 14.6. The van der Waals surface area contributed by atoms with Crippen molar-refractivity contribution >= 4 is 35.9 Å². The molecule has 8 heteroatoms. The molecule has 2 aromatic heterocycles. The van der Waals surface area contributed by atoms with E-state index in [9.17, 15) is 9.59 Å². The van der Waals surface area contributed by atoms with E-state index in [0.717, 1.165) is 12.1 Å². The number of hydrogen-bond acceptors (Lipinski definition) is 7. The first kappa shape index (κ1) is 22.0. The van der Waals surface area contributed by atoms with Gasteiger partial charge in [-0.3, -0.25) is 19.6 Å². The molecule has 1 aliphatic rings. The van der Waals surface area contributed by atoms with Crippen molar-refractivity contribution < 1.29 is 18.7 Å². The third kappa shape index (κ3) is 5.46. The summed E-state index contributed by atoms with van der Waals surface area (Å²) in [7, 11) is 0. The van der Waals surface area contributed by atoms with Gasteiger partial charge in [0.05, 0.1) is 22.6 Å². The molecular formula is C22H25N3O4S. The lowest BCUT2D eigenvalue weighted by Crippen LogP contribution is -2.26. The van der Waals surface area contributed by atoms with Gasteiger partial charge in [0.25, 0.3) is 5.91 Å². The number of Topliss-reactive ketones (excluding diaryl/α,β-unsaturated/α-hetero) is 1. The molecule has 0 unspecified atom stereocenters. The Labute approximate surface area is 180 Å². The van der Waals surface area contributed by atoms with E-state index in [-0.39, 0.29) is 23.5 Å². The molecule has 7 nitrogen and oxygen atoms in total. The second kappa shape index (κ2) is 10.9. The van der Waals surface area contributed by atoms with Gasteiger partial charge >= 0.3 is 0 Å². The van der Waals surface area contributed by atoms with Crippen LogP contribution in [0.25, 0.3) is 5.70 Å². The Balaban J connectivity index is 1.74. The number of aromatic nitrogens is 1. The van der Waals surface area contributed by atoms with Crippen molar-refractivity contribution in [1.82, 2.24) is 10.3 Å². The average Bonchev–Trinajstić information content (AvgIpc) is 3.33. The molecule has 3 heterocycles. The number of pyridine rings is 1. The Morgan fingerprint density at radius 3 is 2.70 bits per heavy atom. The van der Waals surface area contributed by atoms with Gasteiger partial charge in [0.15, 0.2) is 11.5 Å². The second-order valence-electron chi connectivity index (χ2n) is 6.75. The molecule has 0 bridgehead atoms. The van der Waals surface area contributed by atoms with E-state index in [1.165, 1.54) is 18.0 Å². The number of aliphatic imine (C=N–C) groups is 1. The van der Waals surface area contributed by atoms with Gasteiger partial charge in [0.1, 0.15) is 5.70 Å². The lowest BCUT2D eigenvalue weighted by molar-refractivity contribution is -0.121. The van der Waals surface area contributed by atoms with Crippen molar-refractivity contribution in [3.05, 3.63) is 58.6 Å². The maximum Gasteiger partial charge on any atom is 0.253 e. The van der Waals surface area contributed by atoms with Gasteiger partial charge in [0, 0.05) is 31.0 Å². The molecule has 2 aromatic rings. The molecule has 0 atom stereocenters. The fourth-order valence-corrected chi connectivity index (χ4v) is 4.08. The normalized spacial score (nSPS) is 15.4. The quantitative estimate of drug-likeness (QED) is 0.372. The van der Waals surface area contributed by atoms with Crippen LogP contribution >= 0.6 is 11.8 Å². The molecule has 1 aliphatic heterocycles. The highest BCUT2D eigenvalue weighted by molar-refractivity contribution is 8.04. The average molecular weight is 428 g/mol. The number of allylic oxidation sites excluding steroid dienone is 1. The van der Waals surface area contributed by atoms with Crippen LogP contribution in [0, 0.1) is 5.92 Å². The number of furan rings is 1. The number of rotatable bonds is 9. The summed E-state index contributed by atoms with van der Waals surface area (Å²) >= 11 is 1.23. The van der Waals surface area contributed by atoms with Crippen molar-refractivity contribution in [1.29, 1.82) is 0 Å². The molecule has 0 radical (unpaired) electrons. The van der Waals surface area contributed by atoms with Crippen LogP contribution in [0.2, 0.25) is 0 Å². The Bertz CT molecular complexity index is 901. The predicted molar refractivity (Wildman–Crippen MR) is 117 cm³/mol. The van der Waals surface area contributed by atoms with Crippen LogP contribution in [-0.4, -0.2) is 42.5 Å². The molecule has 0 aliphatic carbocycles. The van der Waals surface area contributed by atoms with E-state index < -0.39 is 0 Å². The summed E-state index contributed by atoms with van der Waals surface area (Å²) in [5.41, 5.74) is 1.79. The Hall–Kier alpha value is -2.71. The largest absolute Gasteiger partial charge is 0.463 e. The molecule has 1 amide bonds. The van der Waals surface area contributed by atoms with E-state index in [2.05, 4.69) is 22.0 Å². The molecule has 30 heavy (non-hydrogen) atoms. The number of ketones is 1. The summed E-state index contributed by atoms with van der Waals surface area (Å²) < 4.78 is 10.8. The third-order valence-corrected chi connectivity index (χ3v) is 5.81. The van der Waals surface area contributed by atoms with Crippen molar-refractivity contribution in [2.75, 3.05) is 19.1 Å². The van der Waals surface area contributed by atoms with Crippen molar-refractivity contribution in [3.8, 4) is 0 Å². The van der Waals surface area contributed by atoms with Crippen molar-refractivity contribution in [2.24, 2.45) is 10.9 Å². The Morgan fingerprint density at radius 2 is 2.10 bits per heavy atom. The number of carbonyl (C=O) groups excluding carboxylic acids is 2. The van der Waals surface area contributed by atoms with E-state index >= 15 is 0 Å². The third-order valence-electron chi connectivity index (χ3n) is 4.84. The summed E-state index contributed by atoms with van der Waals surface area (Å²) in [5.74, 6) is 0.262. The summed E-state index contributed by atoms with van der Waals surface area (Å²) in [6.45, 7) is 6.74. The van der Waals surface area contributed by atoms with Gasteiger partial charge in [0.2, 0.25) is 0 Å². The van der Waals surface area contributed by atoms with Gasteiger partial charge in [-0.2, -0.15) is 0 Å². The van der Waals surface area contributed by atoms with Gasteiger partial charge in [-0.25, -0.2) is 0 Å². The molecular weight excluding hydrogens is 402 g/mol. The van der Waals surface area contributed by atoms with Gasteiger partial charge in [-0.15, -0.1) is 0 Å². The van der Waals surface area contributed by atoms with Crippen LogP contribution in [0.1, 0.15) is 41.6 Å². The van der Waals surface area contributed by atoms with Gasteiger partial charge in [-0.1, -0.05) is 18.7 Å². The highest BCUT2D eigenvalue weighted by atomic mass is 32.2. The van der Waals surface area contributed by atoms with Crippen LogP contribution in [0.5, 0.6) is 0 Å². The summed E-state index contributed by atoms with van der Waals surface area (Å²) in [6.07, 6.45) is 5.21. The highest BCUT2D eigenvalue weighted by Crippen LogP contribution is 2.33. The number of aryl methyl sites for hydroxylation is 1. The fourth-order valence-electron chi connectivity index (χ4n) is 3.12. The van der Waals surface area contributed by atoms with Crippen LogP contribution < -0.4 is 5.32 Å². The van der Waals surface area contributed by atoms with E-state index in [0.29, 0.717) is 48.0 Å². The molecule has 1 fully saturated rings. The first-order valence-electron chi connectivity index (χ1n) is 9.86. The molecule has 0 saturated carbocycles. The molecule has 3 rings (SSSR count). The van der Waals surface area contributed by atoms with E-state index in [4.69, 9.17) is 9.15 Å². The topological polar surface area (TPSA) is 93.8 Å². The molecule has 1 saturated heterocycles. The van der Waals surface area contributed by atoms with Gasteiger partial charge < -0.3 is 14.5 Å². The number of hydrogen-bond donors (Lipinski definition) is 1. The number of nitrogens with one attached hydrogen (secondary N) is 1. The van der Waals surface area contributed by atoms with Gasteiger partial charge in [-0.05, 0) is 50.2 Å². The number of carbonyl (C=O) groups is 2. The monoisotopic (exact) mass is 427 g/mol. The predicted octanol–water partition coefficient (Wildman–Crippen LogP) is 3.72. The fraction of sp³-hybridized carbons (Fsp3) is 0.364. The maximum absolute atomic E-state index is 13.2. The Kier molecular flexibility index (Phi) is 7.98. The number of ether oxygens (including phenoxy) is 1. The maximum atomic E-state index is 13.2. The standard InChI is InChI=1S/C22H25N3O4S/c1-3-17-7-6-16(13-24-17)22(27)25-14-30-21(19(23-2)18-5-4-10-29-18)20(26)15-8-11-28-12-9-15/h4-7,10,13,15H,2-3,8-9,11-12,14H2,1H3,(H,25,27)/b21-19-. The zero-order valence-electron chi connectivity index (χ0n) is 16.9. The van der Waals surface area contributed by atoms with Crippen molar-refractivity contribution in [3.63, 3.8) is 0 Å². The van der Waals surface area contributed by atoms with E-state index in [1.807, 2.05) is 13.0 Å². The molecule has 158 valence electrons. The van der Waals surface area contributed by atoms with Crippen LogP contribution in [0.15, 0.2) is 51.0 Å². The summed E-state index contributed by atoms with van der Waals surface area (Å²) in [4.78, 5) is 34.4. The zero-order chi connectivity index (χ0) is 21.3. The minimum atomic E-state index is -0.248. The Morgan fingerprint density at radius 1 is 1.30 bits per heavy atom. The highest BCUT2D eigenvalue weighted by Gasteiger charge is 2.28. The van der Waals surface area contributed by atoms with Crippen LogP contribution in [-0.2, 0) is 16.0 Å². The van der Waals surface area contributed by atoms with E-state index in [1.54, 1.807) is 24.4 Å². The number of nitrogens with zero attached hydrogens (tertiary/aromatic N) is 2. The van der Waals surface area contributed by atoms with Crippen LogP contribution in [0.4, 0.5) is 0 Å². The van der Waals surface area contributed by atoms with Crippen LogP contribution in [0.3, 0.4) is 0 Å². The zero-order valence-corrected chi connectivity index (χ0v) is 17.7. The number of thioether (sulfide) groups is 1. The second-order valence-corrected chi connectivity index (χ2v) is 7.74.